The molecule has 1 aromatic heterocycles. The minimum Gasteiger partial charge on any atom is -0.508 e. The van der Waals surface area contributed by atoms with Crippen molar-refractivity contribution in [2.75, 3.05) is 20.5 Å². The van der Waals surface area contributed by atoms with E-state index in [9.17, 15) is 23.1 Å². The van der Waals surface area contributed by atoms with Gasteiger partial charge in [-0.15, -0.1) is 0 Å². The number of hydrogen-bond donors (Lipinski definition) is 1. The lowest BCUT2D eigenvalue weighted by molar-refractivity contribution is -0.146. The Kier molecular flexibility index (Phi) is 7.31. The van der Waals surface area contributed by atoms with E-state index in [1.165, 1.54) is 43.4 Å². The number of benzene rings is 2. The predicted molar refractivity (Wildman–Crippen MR) is 135 cm³/mol. The maximum atomic E-state index is 13.5. The Labute approximate surface area is 222 Å². The number of amides is 1. The second-order valence-electron chi connectivity index (χ2n) is 8.26. The van der Waals surface area contributed by atoms with E-state index in [1.54, 1.807) is 12.1 Å². The molecule has 0 aliphatic carbocycles. The molecule has 194 valence electrons. The average Bonchev–Trinajstić information content (AvgIpc) is 3.18. The van der Waals surface area contributed by atoms with Crippen molar-refractivity contribution in [1.82, 2.24) is 14.9 Å². The molecule has 1 aliphatic rings. The van der Waals surface area contributed by atoms with Crippen LogP contribution in [0.3, 0.4) is 0 Å². The molecule has 1 N–H and O–H groups in total. The lowest BCUT2D eigenvalue weighted by Gasteiger charge is -2.25. The largest absolute Gasteiger partial charge is 0.508 e. The van der Waals surface area contributed by atoms with Crippen molar-refractivity contribution in [3.05, 3.63) is 63.3 Å². The van der Waals surface area contributed by atoms with E-state index in [0.717, 1.165) is 6.26 Å². The fraction of sp³-hybridized carbons (Fsp3) is 0.250. The summed E-state index contributed by atoms with van der Waals surface area (Å²) >= 11 is 12.6. The lowest BCUT2D eigenvalue weighted by atomic mass is 10.0. The van der Waals surface area contributed by atoms with Gasteiger partial charge in [-0.1, -0.05) is 35.3 Å². The molecule has 0 saturated carbocycles. The summed E-state index contributed by atoms with van der Waals surface area (Å²) in [5.41, 5.74) is 1.13. The molecule has 1 unspecified atom stereocenters. The van der Waals surface area contributed by atoms with Crippen LogP contribution in [-0.4, -0.2) is 66.8 Å². The molecule has 37 heavy (non-hydrogen) atoms. The normalized spacial score (nSPS) is 13.9. The number of nitrogens with zero attached hydrogens (tertiary/aromatic N) is 3. The van der Waals surface area contributed by atoms with Crippen molar-refractivity contribution in [2.24, 2.45) is 0 Å². The van der Waals surface area contributed by atoms with Gasteiger partial charge in [-0.05, 0) is 29.8 Å². The molecule has 1 amide bonds. The number of hydrogen-bond acceptors (Lipinski definition) is 9. The number of phenolic OH excluding ortho intramolecular Hbond substituents is 1. The standard InChI is InChI=1S/C24H21Cl2N3O7S/c1-35-19-9-14(16(25)10-17(19)26)20-15-11-29(22(31)21(15)28-24(27-20)37(3,33)34)18(23(32)36-2)8-12-4-6-13(30)7-5-12/h4-7,9-10,18,30H,8,11H2,1-3H3. The minimum absolute atomic E-state index is 0.0477. The van der Waals surface area contributed by atoms with E-state index in [-0.39, 0.29) is 57.0 Å². The number of aromatic nitrogens is 2. The highest BCUT2D eigenvalue weighted by Gasteiger charge is 2.41. The molecule has 0 fully saturated rings. The number of rotatable bonds is 7. The molecule has 0 bridgehead atoms. The minimum atomic E-state index is -3.94. The van der Waals surface area contributed by atoms with Gasteiger partial charge in [0, 0.05) is 23.8 Å². The molecule has 13 heteroatoms. The van der Waals surface area contributed by atoms with E-state index in [2.05, 4.69) is 9.97 Å². The highest BCUT2D eigenvalue weighted by atomic mass is 35.5. The second-order valence-corrected chi connectivity index (χ2v) is 11.0. The number of carbonyl (C=O) groups is 2. The molecule has 4 rings (SSSR count). The number of ether oxygens (including phenoxy) is 2. The molecule has 2 aromatic carbocycles. The fourth-order valence-corrected chi connectivity index (χ4v) is 5.05. The van der Waals surface area contributed by atoms with E-state index in [1.807, 2.05) is 0 Å². The fourth-order valence-electron chi connectivity index (χ4n) is 3.99. The van der Waals surface area contributed by atoms with Crippen molar-refractivity contribution in [1.29, 1.82) is 0 Å². The molecule has 10 nitrogen and oxygen atoms in total. The Morgan fingerprint density at radius 3 is 2.35 bits per heavy atom. The molecule has 0 spiro atoms. The van der Waals surface area contributed by atoms with Crippen molar-refractivity contribution in [3.8, 4) is 22.8 Å². The molecule has 0 radical (unpaired) electrons. The van der Waals surface area contributed by atoms with Gasteiger partial charge in [-0.3, -0.25) is 4.79 Å². The lowest BCUT2D eigenvalue weighted by Crippen LogP contribution is -2.43. The zero-order valence-corrected chi connectivity index (χ0v) is 22.2. The summed E-state index contributed by atoms with van der Waals surface area (Å²) in [6.45, 7) is -0.118. The summed E-state index contributed by atoms with van der Waals surface area (Å²) in [6, 6.07) is 7.99. The van der Waals surface area contributed by atoms with Gasteiger partial charge in [-0.25, -0.2) is 23.2 Å². The first kappa shape index (κ1) is 26.6. The van der Waals surface area contributed by atoms with Gasteiger partial charge in [0.2, 0.25) is 15.0 Å². The van der Waals surface area contributed by atoms with Gasteiger partial charge in [0.25, 0.3) is 5.91 Å². The SMILES string of the molecule is COC(=O)C(Cc1ccc(O)cc1)N1Cc2c(nc(S(C)(=O)=O)nc2-c2cc(OC)c(Cl)cc2Cl)C1=O. The third kappa shape index (κ3) is 5.20. The van der Waals surface area contributed by atoms with E-state index >= 15 is 0 Å². The van der Waals surface area contributed by atoms with Gasteiger partial charge in [0.15, 0.2) is 0 Å². The zero-order valence-electron chi connectivity index (χ0n) is 19.9. The van der Waals surface area contributed by atoms with Crippen LogP contribution in [-0.2, 0) is 32.3 Å². The van der Waals surface area contributed by atoms with Crippen LogP contribution in [0.15, 0.2) is 41.6 Å². The maximum absolute atomic E-state index is 13.5. The summed E-state index contributed by atoms with van der Waals surface area (Å²) in [5, 5.41) is 9.37. The molecule has 0 saturated heterocycles. The van der Waals surface area contributed by atoms with E-state index < -0.39 is 32.9 Å². The highest BCUT2D eigenvalue weighted by Crippen LogP contribution is 2.40. The Morgan fingerprint density at radius 1 is 1.11 bits per heavy atom. The number of methoxy groups -OCH3 is 2. The quantitative estimate of drug-likeness (QED) is 0.338. The Morgan fingerprint density at radius 2 is 1.76 bits per heavy atom. The number of sulfone groups is 1. The smallest absolute Gasteiger partial charge is 0.328 e. The highest BCUT2D eigenvalue weighted by molar-refractivity contribution is 7.90. The Hall–Kier alpha value is -3.41. The Bertz CT molecular complexity index is 1510. The van der Waals surface area contributed by atoms with Crippen LogP contribution in [0.4, 0.5) is 0 Å². The van der Waals surface area contributed by atoms with Crippen LogP contribution in [0.1, 0.15) is 21.6 Å². The number of phenols is 1. The maximum Gasteiger partial charge on any atom is 0.328 e. The van der Waals surface area contributed by atoms with Crippen LogP contribution < -0.4 is 4.74 Å². The van der Waals surface area contributed by atoms with E-state index in [4.69, 9.17) is 32.7 Å². The van der Waals surface area contributed by atoms with Crippen LogP contribution in [0, 0.1) is 0 Å². The molecule has 1 atom stereocenters. The molecule has 1 aliphatic heterocycles. The number of esters is 1. The summed E-state index contributed by atoms with van der Waals surface area (Å²) < 4.78 is 35.0. The predicted octanol–water partition coefficient (Wildman–Crippen LogP) is 3.31. The van der Waals surface area contributed by atoms with Crippen molar-refractivity contribution in [2.45, 2.75) is 24.2 Å². The van der Waals surface area contributed by atoms with Gasteiger partial charge in [0.05, 0.1) is 36.5 Å². The van der Waals surface area contributed by atoms with Crippen molar-refractivity contribution >= 4 is 44.9 Å². The first-order valence-electron chi connectivity index (χ1n) is 10.8. The topological polar surface area (TPSA) is 136 Å². The summed E-state index contributed by atoms with van der Waals surface area (Å²) in [5.74, 6) is -1.05. The molecule has 3 aromatic rings. The summed E-state index contributed by atoms with van der Waals surface area (Å²) in [4.78, 5) is 35.8. The van der Waals surface area contributed by atoms with Crippen LogP contribution in [0.25, 0.3) is 11.3 Å². The second kappa shape index (κ2) is 10.2. The third-order valence-corrected chi connectivity index (χ3v) is 7.28. The number of halogens is 2. The molecule has 2 heterocycles. The van der Waals surface area contributed by atoms with E-state index in [0.29, 0.717) is 5.56 Å². The van der Waals surface area contributed by atoms with Crippen LogP contribution in [0.5, 0.6) is 11.5 Å². The van der Waals surface area contributed by atoms with Gasteiger partial charge >= 0.3 is 5.97 Å². The average molecular weight is 566 g/mol. The molecular formula is C24H21Cl2N3O7S. The number of fused-ring (bicyclic) bond motifs is 1. The summed E-state index contributed by atoms with van der Waals surface area (Å²) in [6.07, 6.45) is 0.992. The first-order chi connectivity index (χ1) is 17.4. The zero-order chi connectivity index (χ0) is 27.1. The molecular weight excluding hydrogens is 545 g/mol. The summed E-state index contributed by atoms with van der Waals surface area (Å²) in [7, 11) is -1.33. The number of aromatic hydroxyl groups is 1. The monoisotopic (exact) mass is 565 g/mol. The Balaban J connectivity index is 1.87. The third-order valence-electron chi connectivity index (χ3n) is 5.82. The van der Waals surface area contributed by atoms with Gasteiger partial charge < -0.3 is 19.5 Å². The first-order valence-corrected chi connectivity index (χ1v) is 13.4. The van der Waals surface area contributed by atoms with Crippen molar-refractivity contribution < 1.29 is 32.6 Å². The number of carbonyl (C=O) groups excluding carboxylic acids is 2. The van der Waals surface area contributed by atoms with Crippen molar-refractivity contribution in [3.63, 3.8) is 0 Å². The van der Waals surface area contributed by atoms with Crippen LogP contribution >= 0.6 is 23.2 Å². The van der Waals surface area contributed by atoms with Crippen LogP contribution in [0.2, 0.25) is 10.0 Å². The van der Waals surface area contributed by atoms with Gasteiger partial charge in [0.1, 0.15) is 23.2 Å². The van der Waals surface area contributed by atoms with Gasteiger partial charge in [-0.2, -0.15) is 0 Å².